The number of hydrogen-bond donors (Lipinski definition) is 0. The Morgan fingerprint density at radius 2 is 1.61 bits per heavy atom. The summed E-state index contributed by atoms with van der Waals surface area (Å²) in [6.07, 6.45) is 3.27. The predicted octanol–water partition coefficient (Wildman–Crippen LogP) is 4.41. The molecule has 0 atom stereocenters. The zero-order chi connectivity index (χ0) is 15.8. The Balaban J connectivity index is 2.06. The molecule has 1 heterocycles. The number of ether oxygens (including phenoxy) is 2. The number of benzene rings is 2. The van der Waals surface area contributed by atoms with Gasteiger partial charge in [-0.15, -0.1) is 0 Å². The summed E-state index contributed by atoms with van der Waals surface area (Å²) < 4.78 is 11.0. The molecule has 0 saturated heterocycles. The highest BCUT2D eigenvalue weighted by Gasteiger charge is 2.19. The fraction of sp³-hybridized carbons (Fsp3) is 0.250. The minimum Gasteiger partial charge on any atom is -0.496 e. The van der Waals surface area contributed by atoms with Crippen LogP contribution < -0.4 is 9.47 Å². The Hall–Kier alpha value is -2.55. The minimum atomic E-state index is 0.783. The van der Waals surface area contributed by atoms with Gasteiger partial charge in [0.1, 0.15) is 17.0 Å². The van der Waals surface area contributed by atoms with Crippen molar-refractivity contribution in [2.45, 2.75) is 19.3 Å². The fourth-order valence-corrected chi connectivity index (χ4v) is 3.46. The van der Waals surface area contributed by atoms with Gasteiger partial charge >= 0.3 is 0 Å². The molecule has 0 fully saturated rings. The fourth-order valence-electron chi connectivity index (χ4n) is 3.46. The second-order valence-corrected chi connectivity index (χ2v) is 5.87. The van der Waals surface area contributed by atoms with Crippen molar-refractivity contribution in [2.75, 3.05) is 14.2 Å². The van der Waals surface area contributed by atoms with Crippen molar-refractivity contribution in [3.05, 3.63) is 53.6 Å². The minimum absolute atomic E-state index is 0.783. The molecule has 23 heavy (non-hydrogen) atoms. The van der Waals surface area contributed by atoms with Crippen LogP contribution in [-0.2, 0) is 12.8 Å². The van der Waals surface area contributed by atoms with E-state index >= 15 is 0 Å². The second kappa shape index (κ2) is 5.58. The van der Waals surface area contributed by atoms with Crippen molar-refractivity contribution >= 4 is 10.9 Å². The smallest absolute Gasteiger partial charge is 0.145 e. The van der Waals surface area contributed by atoms with E-state index in [0.717, 1.165) is 47.4 Å². The van der Waals surface area contributed by atoms with Gasteiger partial charge in [0, 0.05) is 10.9 Å². The first-order chi connectivity index (χ1) is 11.3. The van der Waals surface area contributed by atoms with Crippen LogP contribution in [0.25, 0.3) is 22.2 Å². The molecule has 3 aromatic rings. The van der Waals surface area contributed by atoms with Gasteiger partial charge in [0.15, 0.2) is 0 Å². The third-order valence-electron chi connectivity index (χ3n) is 4.59. The van der Waals surface area contributed by atoms with Crippen molar-refractivity contribution < 1.29 is 9.47 Å². The van der Waals surface area contributed by atoms with E-state index in [1.165, 1.54) is 16.7 Å². The topological polar surface area (TPSA) is 31.4 Å². The first kappa shape index (κ1) is 14.1. The molecule has 0 aliphatic heterocycles. The lowest BCUT2D eigenvalue weighted by Gasteiger charge is -2.14. The van der Waals surface area contributed by atoms with Gasteiger partial charge < -0.3 is 9.47 Å². The predicted molar refractivity (Wildman–Crippen MR) is 92.3 cm³/mol. The summed E-state index contributed by atoms with van der Waals surface area (Å²) in [7, 11) is 3.38. The molecule has 0 radical (unpaired) electrons. The number of pyridine rings is 1. The number of hydrogen-bond acceptors (Lipinski definition) is 3. The molecule has 3 heteroatoms. The van der Waals surface area contributed by atoms with Gasteiger partial charge in [0.2, 0.25) is 0 Å². The molecular weight excluding hydrogens is 286 g/mol. The molecule has 0 bridgehead atoms. The largest absolute Gasteiger partial charge is 0.496 e. The second-order valence-electron chi connectivity index (χ2n) is 5.87. The highest BCUT2D eigenvalue weighted by molar-refractivity contribution is 5.93. The molecular formula is C20H19NO2. The number of aromatic nitrogens is 1. The van der Waals surface area contributed by atoms with Crippen LogP contribution in [0.5, 0.6) is 11.5 Å². The highest BCUT2D eigenvalue weighted by atomic mass is 16.5. The van der Waals surface area contributed by atoms with Crippen LogP contribution in [0.15, 0.2) is 42.5 Å². The lowest BCUT2D eigenvalue weighted by Crippen LogP contribution is -1.97. The van der Waals surface area contributed by atoms with E-state index in [1.54, 1.807) is 14.2 Å². The van der Waals surface area contributed by atoms with Crippen molar-refractivity contribution in [1.29, 1.82) is 0 Å². The maximum absolute atomic E-state index is 5.52. The molecule has 0 N–H and O–H groups in total. The van der Waals surface area contributed by atoms with Gasteiger partial charge in [-0.05, 0) is 48.6 Å². The molecule has 0 amide bonds. The van der Waals surface area contributed by atoms with Gasteiger partial charge in [-0.1, -0.05) is 24.3 Å². The van der Waals surface area contributed by atoms with E-state index < -0.39 is 0 Å². The first-order valence-electron chi connectivity index (χ1n) is 7.94. The van der Waals surface area contributed by atoms with Gasteiger partial charge in [0.25, 0.3) is 0 Å². The Morgan fingerprint density at radius 1 is 0.870 bits per heavy atom. The molecule has 3 nitrogen and oxygen atoms in total. The average Bonchev–Trinajstić information content (AvgIpc) is 2.78. The Labute approximate surface area is 135 Å². The van der Waals surface area contributed by atoms with E-state index in [-0.39, 0.29) is 0 Å². The molecule has 0 saturated carbocycles. The summed E-state index contributed by atoms with van der Waals surface area (Å²) in [5, 5.41) is 1.02. The molecule has 1 aliphatic rings. The monoisotopic (exact) mass is 305 g/mol. The summed E-state index contributed by atoms with van der Waals surface area (Å²) in [6.45, 7) is 0. The zero-order valence-electron chi connectivity index (χ0n) is 13.4. The standard InChI is InChI=1S/C20H19NO2/c1-22-17-10-11-18(23-2)20-16(17)12-14-8-5-7-13-6-3-4-9-15(13)19(14)21-20/h3-4,6,9-12H,5,7-8H2,1-2H3. The Kier molecular flexibility index (Phi) is 3.41. The van der Waals surface area contributed by atoms with Gasteiger partial charge in [-0.3, -0.25) is 0 Å². The van der Waals surface area contributed by atoms with Crippen molar-refractivity contribution in [3.8, 4) is 22.8 Å². The Morgan fingerprint density at radius 3 is 2.43 bits per heavy atom. The van der Waals surface area contributed by atoms with Crippen LogP contribution in [0.3, 0.4) is 0 Å². The lowest BCUT2D eigenvalue weighted by molar-refractivity contribution is 0.409. The van der Waals surface area contributed by atoms with Gasteiger partial charge in [0.05, 0.1) is 19.9 Å². The molecule has 2 aromatic carbocycles. The van der Waals surface area contributed by atoms with E-state index in [0.29, 0.717) is 0 Å². The van der Waals surface area contributed by atoms with Crippen molar-refractivity contribution in [3.63, 3.8) is 0 Å². The maximum Gasteiger partial charge on any atom is 0.145 e. The number of fused-ring (bicyclic) bond motifs is 4. The van der Waals surface area contributed by atoms with Crippen LogP contribution in [0.1, 0.15) is 17.5 Å². The SMILES string of the molecule is COc1ccc(OC)c2nc3c(cc12)CCCc1ccccc1-3. The van der Waals surface area contributed by atoms with Crippen LogP contribution in [0.2, 0.25) is 0 Å². The number of aryl methyl sites for hydroxylation is 2. The Bertz CT molecular complexity index is 886. The molecule has 0 unspecified atom stereocenters. The average molecular weight is 305 g/mol. The van der Waals surface area contributed by atoms with E-state index in [1.807, 2.05) is 12.1 Å². The van der Waals surface area contributed by atoms with E-state index in [9.17, 15) is 0 Å². The normalized spacial score (nSPS) is 13.1. The molecule has 0 spiro atoms. The van der Waals surface area contributed by atoms with Crippen molar-refractivity contribution in [1.82, 2.24) is 4.98 Å². The summed E-state index contributed by atoms with van der Waals surface area (Å²) in [6, 6.07) is 14.7. The van der Waals surface area contributed by atoms with Crippen molar-refractivity contribution in [2.24, 2.45) is 0 Å². The molecule has 116 valence electrons. The van der Waals surface area contributed by atoms with E-state index in [4.69, 9.17) is 14.5 Å². The van der Waals surface area contributed by atoms with Crippen LogP contribution in [0.4, 0.5) is 0 Å². The first-order valence-corrected chi connectivity index (χ1v) is 7.94. The molecule has 4 rings (SSSR count). The summed E-state index contributed by atoms with van der Waals surface area (Å²) in [5.41, 5.74) is 5.85. The summed E-state index contributed by atoms with van der Waals surface area (Å²) in [4.78, 5) is 4.99. The van der Waals surface area contributed by atoms with Crippen LogP contribution in [0, 0.1) is 0 Å². The number of rotatable bonds is 2. The number of nitrogens with zero attached hydrogens (tertiary/aromatic N) is 1. The number of methoxy groups -OCH3 is 2. The van der Waals surface area contributed by atoms with Crippen LogP contribution >= 0.6 is 0 Å². The molecule has 1 aromatic heterocycles. The van der Waals surface area contributed by atoms with E-state index in [2.05, 4.69) is 30.3 Å². The van der Waals surface area contributed by atoms with Crippen LogP contribution in [-0.4, -0.2) is 19.2 Å². The van der Waals surface area contributed by atoms with Gasteiger partial charge in [-0.25, -0.2) is 4.98 Å². The third-order valence-corrected chi connectivity index (χ3v) is 4.59. The maximum atomic E-state index is 5.52. The molecule has 1 aliphatic carbocycles. The zero-order valence-corrected chi connectivity index (χ0v) is 13.4. The lowest BCUT2D eigenvalue weighted by atomic mass is 10.00. The highest BCUT2D eigenvalue weighted by Crippen LogP contribution is 2.38. The third kappa shape index (κ3) is 2.24. The summed E-state index contributed by atoms with van der Waals surface area (Å²) >= 11 is 0. The van der Waals surface area contributed by atoms with Gasteiger partial charge in [-0.2, -0.15) is 0 Å². The quantitative estimate of drug-likeness (QED) is 0.703. The summed E-state index contributed by atoms with van der Waals surface area (Å²) in [5.74, 6) is 1.62.